The van der Waals surface area contributed by atoms with Crippen LogP contribution in [0.2, 0.25) is 0 Å². The highest BCUT2D eigenvalue weighted by Gasteiger charge is 2.30. The summed E-state index contributed by atoms with van der Waals surface area (Å²) < 4.78 is 39.6. The van der Waals surface area contributed by atoms with E-state index in [9.17, 15) is 18.0 Å². The molecule has 0 aliphatic rings. The van der Waals surface area contributed by atoms with Crippen molar-refractivity contribution in [1.82, 2.24) is 9.78 Å². The van der Waals surface area contributed by atoms with Gasteiger partial charge in [0, 0.05) is 0 Å². The normalized spacial score (nSPS) is 14.2. The molecule has 130 valence electrons. The first-order valence-electron chi connectivity index (χ1n) is 7.46. The van der Waals surface area contributed by atoms with Crippen molar-refractivity contribution in [3.63, 3.8) is 0 Å². The summed E-state index contributed by atoms with van der Waals surface area (Å²) in [5.41, 5.74) is 4.76. The van der Waals surface area contributed by atoms with Gasteiger partial charge in [-0.2, -0.15) is 18.3 Å². The van der Waals surface area contributed by atoms with Crippen LogP contribution < -0.4 is 11.1 Å². The maximum absolute atomic E-state index is 12.8. The SMILES string of the molecule is CCCC(C)(N)C(=O)Nc1cnn(-c2cccc(C(F)(F)F)c2)c1. The second kappa shape index (κ2) is 6.64. The van der Waals surface area contributed by atoms with Gasteiger partial charge in [0.1, 0.15) is 0 Å². The van der Waals surface area contributed by atoms with Gasteiger partial charge in [-0.05, 0) is 31.5 Å². The average molecular weight is 340 g/mol. The topological polar surface area (TPSA) is 72.9 Å². The van der Waals surface area contributed by atoms with Crippen LogP contribution >= 0.6 is 0 Å². The van der Waals surface area contributed by atoms with Crippen molar-refractivity contribution in [3.05, 3.63) is 42.2 Å². The molecule has 0 radical (unpaired) electrons. The second-order valence-corrected chi connectivity index (χ2v) is 5.84. The Morgan fingerprint density at radius 2 is 2.08 bits per heavy atom. The number of hydrogen-bond acceptors (Lipinski definition) is 3. The number of nitrogens with zero attached hydrogens (tertiary/aromatic N) is 2. The molecule has 1 aromatic carbocycles. The van der Waals surface area contributed by atoms with Crippen LogP contribution in [0.5, 0.6) is 0 Å². The third-order valence-corrected chi connectivity index (χ3v) is 3.57. The Bertz CT molecular complexity index is 722. The van der Waals surface area contributed by atoms with E-state index in [1.807, 2.05) is 6.92 Å². The highest BCUT2D eigenvalue weighted by Crippen LogP contribution is 2.30. The number of alkyl halides is 3. The van der Waals surface area contributed by atoms with Crippen LogP contribution in [0, 0.1) is 0 Å². The van der Waals surface area contributed by atoms with Gasteiger partial charge < -0.3 is 11.1 Å². The van der Waals surface area contributed by atoms with Crippen molar-refractivity contribution in [2.45, 2.75) is 38.4 Å². The molecule has 1 atom stereocenters. The fourth-order valence-corrected chi connectivity index (χ4v) is 2.26. The highest BCUT2D eigenvalue weighted by atomic mass is 19.4. The fraction of sp³-hybridized carbons (Fsp3) is 0.375. The lowest BCUT2D eigenvalue weighted by molar-refractivity contribution is -0.137. The number of hydrogen-bond donors (Lipinski definition) is 2. The first-order chi connectivity index (χ1) is 11.1. The van der Waals surface area contributed by atoms with E-state index in [0.29, 0.717) is 12.1 Å². The fourth-order valence-electron chi connectivity index (χ4n) is 2.26. The maximum Gasteiger partial charge on any atom is 0.416 e. The molecule has 1 aromatic heterocycles. The largest absolute Gasteiger partial charge is 0.416 e. The molecule has 0 spiro atoms. The summed E-state index contributed by atoms with van der Waals surface area (Å²) in [6.45, 7) is 3.55. The zero-order chi connectivity index (χ0) is 18.0. The van der Waals surface area contributed by atoms with E-state index < -0.39 is 17.3 Å². The zero-order valence-electron chi connectivity index (χ0n) is 13.4. The molecule has 8 heteroatoms. The Morgan fingerprint density at radius 3 is 2.71 bits per heavy atom. The quantitative estimate of drug-likeness (QED) is 0.877. The number of carbonyl (C=O) groups excluding carboxylic acids is 1. The molecule has 1 heterocycles. The van der Waals surface area contributed by atoms with E-state index in [2.05, 4.69) is 10.4 Å². The Morgan fingerprint density at radius 1 is 1.38 bits per heavy atom. The van der Waals surface area contributed by atoms with Gasteiger partial charge in [-0.25, -0.2) is 4.68 Å². The molecule has 0 fully saturated rings. The number of nitrogens with one attached hydrogen (secondary N) is 1. The summed E-state index contributed by atoms with van der Waals surface area (Å²) in [6.07, 6.45) is -0.359. The van der Waals surface area contributed by atoms with Gasteiger partial charge >= 0.3 is 6.18 Å². The van der Waals surface area contributed by atoms with Crippen molar-refractivity contribution in [2.24, 2.45) is 5.73 Å². The van der Waals surface area contributed by atoms with E-state index in [-0.39, 0.29) is 11.6 Å². The van der Waals surface area contributed by atoms with Crippen LogP contribution in [0.25, 0.3) is 5.69 Å². The van der Waals surface area contributed by atoms with Crippen LogP contribution in [0.3, 0.4) is 0 Å². The van der Waals surface area contributed by atoms with Crippen molar-refractivity contribution >= 4 is 11.6 Å². The van der Waals surface area contributed by atoms with Gasteiger partial charge in [-0.3, -0.25) is 4.79 Å². The molecule has 0 aliphatic heterocycles. The zero-order valence-corrected chi connectivity index (χ0v) is 13.4. The predicted molar refractivity (Wildman–Crippen MR) is 84.7 cm³/mol. The molecule has 0 saturated heterocycles. The molecule has 0 bridgehead atoms. The second-order valence-electron chi connectivity index (χ2n) is 5.84. The van der Waals surface area contributed by atoms with Gasteiger partial charge in [0.25, 0.3) is 0 Å². The van der Waals surface area contributed by atoms with Gasteiger partial charge in [0.05, 0.1) is 34.9 Å². The summed E-state index contributed by atoms with van der Waals surface area (Å²) in [5, 5.41) is 6.62. The molecular formula is C16H19F3N4O. The minimum Gasteiger partial charge on any atom is -0.322 e. The van der Waals surface area contributed by atoms with Crippen LogP contribution in [0.4, 0.5) is 18.9 Å². The molecule has 1 amide bonds. The summed E-state index contributed by atoms with van der Waals surface area (Å²) >= 11 is 0. The number of anilines is 1. The van der Waals surface area contributed by atoms with Crippen LogP contribution in [0.15, 0.2) is 36.7 Å². The number of nitrogens with two attached hydrogens (primary N) is 1. The summed E-state index contributed by atoms with van der Waals surface area (Å²) in [4.78, 5) is 12.1. The minimum atomic E-state index is -4.43. The molecular weight excluding hydrogens is 321 g/mol. The van der Waals surface area contributed by atoms with Crippen LogP contribution in [-0.2, 0) is 11.0 Å². The number of halogens is 3. The minimum absolute atomic E-state index is 0.245. The molecule has 1 unspecified atom stereocenters. The maximum atomic E-state index is 12.8. The average Bonchev–Trinajstić information content (AvgIpc) is 2.95. The lowest BCUT2D eigenvalue weighted by atomic mass is 9.96. The Hall–Kier alpha value is -2.35. The Kier molecular flexibility index (Phi) is 4.98. The summed E-state index contributed by atoms with van der Waals surface area (Å²) in [5.74, 6) is -0.368. The van der Waals surface area contributed by atoms with Crippen LogP contribution in [0.1, 0.15) is 32.3 Å². The molecule has 0 saturated carbocycles. The predicted octanol–water partition coefficient (Wildman–Crippen LogP) is 3.35. The number of benzene rings is 1. The Labute approximate surface area is 137 Å². The Balaban J connectivity index is 2.18. The van der Waals surface area contributed by atoms with Crippen LogP contribution in [-0.4, -0.2) is 21.2 Å². The first kappa shape index (κ1) is 18.0. The highest BCUT2D eigenvalue weighted by molar-refractivity contribution is 5.97. The van der Waals surface area contributed by atoms with E-state index in [0.717, 1.165) is 18.6 Å². The smallest absolute Gasteiger partial charge is 0.322 e. The monoisotopic (exact) mass is 340 g/mol. The number of aromatic nitrogens is 2. The van der Waals surface area contributed by atoms with Gasteiger partial charge in [0.2, 0.25) is 5.91 Å². The summed E-state index contributed by atoms with van der Waals surface area (Å²) in [7, 11) is 0. The van der Waals surface area contributed by atoms with Crippen molar-refractivity contribution in [1.29, 1.82) is 0 Å². The number of carbonyl (C=O) groups is 1. The first-order valence-corrected chi connectivity index (χ1v) is 7.46. The third-order valence-electron chi connectivity index (χ3n) is 3.57. The number of rotatable bonds is 5. The molecule has 2 rings (SSSR count). The molecule has 3 N–H and O–H groups in total. The lowest BCUT2D eigenvalue weighted by Gasteiger charge is -2.22. The van der Waals surface area contributed by atoms with Gasteiger partial charge in [-0.1, -0.05) is 19.4 Å². The third kappa shape index (κ3) is 4.14. The van der Waals surface area contributed by atoms with E-state index >= 15 is 0 Å². The van der Waals surface area contributed by atoms with Crippen molar-refractivity contribution in [3.8, 4) is 5.69 Å². The lowest BCUT2D eigenvalue weighted by Crippen LogP contribution is -2.48. The molecule has 5 nitrogen and oxygen atoms in total. The molecule has 24 heavy (non-hydrogen) atoms. The van der Waals surface area contributed by atoms with E-state index in [1.54, 1.807) is 6.92 Å². The standard InChI is InChI=1S/C16H19F3N4O/c1-3-7-15(2,20)14(24)22-12-9-21-23(10-12)13-6-4-5-11(8-13)16(17,18)19/h4-6,8-10H,3,7,20H2,1-2H3,(H,22,24). The van der Waals surface area contributed by atoms with Gasteiger partial charge in [-0.15, -0.1) is 0 Å². The molecule has 2 aromatic rings. The summed E-state index contributed by atoms with van der Waals surface area (Å²) in [6, 6.07) is 4.78. The van der Waals surface area contributed by atoms with E-state index in [1.165, 1.54) is 29.2 Å². The van der Waals surface area contributed by atoms with Gasteiger partial charge in [0.15, 0.2) is 0 Å². The van der Waals surface area contributed by atoms with Crippen molar-refractivity contribution in [2.75, 3.05) is 5.32 Å². The number of amides is 1. The molecule has 0 aliphatic carbocycles. The van der Waals surface area contributed by atoms with E-state index in [4.69, 9.17) is 5.73 Å². The van der Waals surface area contributed by atoms with Crippen molar-refractivity contribution < 1.29 is 18.0 Å².